The third-order valence-corrected chi connectivity index (χ3v) is 4.58. The van der Waals surface area contributed by atoms with Crippen molar-refractivity contribution < 1.29 is 8.85 Å². The molecule has 0 N–H and O–H groups in total. The molecule has 0 aliphatic carbocycles. The first-order valence-electron chi connectivity index (χ1n) is 4.99. The zero-order valence-electron chi connectivity index (χ0n) is 9.78. The van der Waals surface area contributed by atoms with E-state index >= 15 is 0 Å². The Balaban J connectivity index is 2.99. The second kappa shape index (κ2) is 5.85. The minimum atomic E-state index is -1.63. The summed E-state index contributed by atoms with van der Waals surface area (Å²) in [5.41, 5.74) is 2.50. The molecule has 1 aromatic rings. The fourth-order valence-electron chi connectivity index (χ4n) is 1.54. The van der Waals surface area contributed by atoms with Gasteiger partial charge < -0.3 is 8.85 Å². The van der Waals surface area contributed by atoms with E-state index in [-0.39, 0.29) is 0 Å². The molecule has 0 bridgehead atoms. The van der Waals surface area contributed by atoms with Crippen LogP contribution in [0.3, 0.4) is 0 Å². The number of rotatable bonds is 4. The Hall–Kier alpha value is -0.903. The third-order valence-electron chi connectivity index (χ3n) is 2.58. The zero-order valence-corrected chi connectivity index (χ0v) is 10.9. The van der Waals surface area contributed by atoms with Crippen molar-refractivity contribution >= 4 is 14.9 Å². The van der Waals surface area contributed by atoms with Crippen LogP contribution in [0.15, 0.2) is 35.5 Å². The van der Waals surface area contributed by atoms with Crippen molar-refractivity contribution in [3.63, 3.8) is 0 Å². The SMILES string of the molecule is CO[SiH](OC)C(C)=C(C)c1ccccc1. The lowest BCUT2D eigenvalue weighted by Gasteiger charge is -2.14. The van der Waals surface area contributed by atoms with Gasteiger partial charge in [-0.05, 0) is 30.2 Å². The van der Waals surface area contributed by atoms with Crippen LogP contribution in [-0.2, 0) is 8.85 Å². The van der Waals surface area contributed by atoms with E-state index in [1.807, 2.05) is 18.2 Å². The maximum absolute atomic E-state index is 5.36. The maximum atomic E-state index is 5.36. The Bertz CT molecular complexity index is 329. The molecule has 0 aliphatic heterocycles. The summed E-state index contributed by atoms with van der Waals surface area (Å²) in [5.74, 6) is 0. The molecule has 15 heavy (non-hydrogen) atoms. The molecule has 0 spiro atoms. The van der Waals surface area contributed by atoms with Gasteiger partial charge in [0.1, 0.15) is 0 Å². The zero-order chi connectivity index (χ0) is 11.3. The predicted molar refractivity (Wildman–Crippen MR) is 65.9 cm³/mol. The van der Waals surface area contributed by atoms with E-state index in [1.54, 1.807) is 14.2 Å². The molecule has 0 unspecified atom stereocenters. The van der Waals surface area contributed by atoms with Gasteiger partial charge in [0.15, 0.2) is 0 Å². The van der Waals surface area contributed by atoms with Crippen LogP contribution < -0.4 is 0 Å². The van der Waals surface area contributed by atoms with Gasteiger partial charge >= 0.3 is 9.28 Å². The summed E-state index contributed by atoms with van der Waals surface area (Å²) in [6.45, 7) is 4.20. The molecule has 0 fully saturated rings. The summed E-state index contributed by atoms with van der Waals surface area (Å²) in [7, 11) is 1.79. The van der Waals surface area contributed by atoms with Crippen molar-refractivity contribution in [1.29, 1.82) is 0 Å². The highest BCUT2D eigenvalue weighted by Crippen LogP contribution is 2.19. The Labute approximate surface area is 93.4 Å². The normalized spacial score (nSPS) is 12.9. The molecular weight excluding hydrogens is 204 g/mol. The van der Waals surface area contributed by atoms with Gasteiger partial charge in [-0.15, -0.1) is 0 Å². The molecule has 0 heterocycles. The van der Waals surface area contributed by atoms with Crippen LogP contribution in [0.1, 0.15) is 19.4 Å². The number of benzene rings is 1. The Morgan fingerprint density at radius 1 is 1.00 bits per heavy atom. The summed E-state index contributed by atoms with van der Waals surface area (Å²) in [6.07, 6.45) is 0. The quantitative estimate of drug-likeness (QED) is 0.729. The first-order valence-corrected chi connectivity index (χ1v) is 6.51. The molecular formula is C12H18O2Si. The van der Waals surface area contributed by atoms with Crippen LogP contribution in [-0.4, -0.2) is 23.5 Å². The highest BCUT2D eigenvalue weighted by atomic mass is 28.3. The highest BCUT2D eigenvalue weighted by molar-refractivity contribution is 6.55. The lowest BCUT2D eigenvalue weighted by Crippen LogP contribution is -2.21. The lowest BCUT2D eigenvalue weighted by atomic mass is 10.1. The van der Waals surface area contributed by atoms with Crippen LogP contribution in [0.5, 0.6) is 0 Å². The number of allylic oxidation sites excluding steroid dienone is 2. The molecule has 0 saturated carbocycles. The molecule has 1 rings (SSSR count). The molecule has 1 aromatic carbocycles. The van der Waals surface area contributed by atoms with Crippen molar-refractivity contribution in [1.82, 2.24) is 0 Å². The first-order chi connectivity index (χ1) is 7.20. The fraction of sp³-hybridized carbons (Fsp3) is 0.333. The highest BCUT2D eigenvalue weighted by Gasteiger charge is 2.15. The van der Waals surface area contributed by atoms with E-state index in [0.29, 0.717) is 0 Å². The molecule has 3 heteroatoms. The molecule has 0 saturated heterocycles. The molecule has 82 valence electrons. The summed E-state index contributed by atoms with van der Waals surface area (Å²) in [5, 5.41) is 1.24. The van der Waals surface area contributed by atoms with E-state index in [0.717, 1.165) is 0 Å². The van der Waals surface area contributed by atoms with Crippen molar-refractivity contribution in [2.75, 3.05) is 14.2 Å². The Kier molecular flexibility index (Phi) is 4.75. The standard InChI is InChI=1S/C12H18O2Si/c1-10(11(2)15(13-3)14-4)12-8-6-5-7-9-12/h5-9,15H,1-4H3. The van der Waals surface area contributed by atoms with Crippen molar-refractivity contribution in [3.05, 3.63) is 41.1 Å². The van der Waals surface area contributed by atoms with Gasteiger partial charge in [0.05, 0.1) is 0 Å². The van der Waals surface area contributed by atoms with E-state index in [4.69, 9.17) is 8.85 Å². The molecule has 2 nitrogen and oxygen atoms in total. The van der Waals surface area contributed by atoms with Crippen LogP contribution in [0.2, 0.25) is 0 Å². The molecule has 0 aromatic heterocycles. The summed E-state index contributed by atoms with van der Waals surface area (Å²) >= 11 is 0. The first kappa shape index (κ1) is 12.2. The predicted octanol–water partition coefficient (Wildman–Crippen LogP) is 2.53. The molecule has 0 radical (unpaired) electrons. The van der Waals surface area contributed by atoms with E-state index in [1.165, 1.54) is 16.3 Å². The van der Waals surface area contributed by atoms with Crippen molar-refractivity contribution in [2.24, 2.45) is 0 Å². The third kappa shape index (κ3) is 3.02. The van der Waals surface area contributed by atoms with Gasteiger partial charge in [0.25, 0.3) is 0 Å². The van der Waals surface area contributed by atoms with Gasteiger partial charge in [-0.1, -0.05) is 30.3 Å². The van der Waals surface area contributed by atoms with E-state index in [2.05, 4.69) is 26.0 Å². The van der Waals surface area contributed by atoms with Gasteiger partial charge in [0, 0.05) is 14.2 Å². The van der Waals surface area contributed by atoms with Crippen LogP contribution in [0, 0.1) is 0 Å². The average Bonchev–Trinajstić information content (AvgIpc) is 2.30. The summed E-state index contributed by atoms with van der Waals surface area (Å²) < 4.78 is 10.7. The van der Waals surface area contributed by atoms with E-state index < -0.39 is 9.28 Å². The molecule has 0 atom stereocenters. The summed E-state index contributed by atoms with van der Waals surface area (Å²) in [4.78, 5) is 0. The second-order valence-corrected chi connectivity index (χ2v) is 5.95. The van der Waals surface area contributed by atoms with Crippen molar-refractivity contribution in [2.45, 2.75) is 13.8 Å². The molecule has 0 aliphatic rings. The second-order valence-electron chi connectivity index (χ2n) is 3.48. The minimum absolute atomic E-state index is 1.24. The van der Waals surface area contributed by atoms with Crippen molar-refractivity contribution in [3.8, 4) is 0 Å². The van der Waals surface area contributed by atoms with Gasteiger partial charge in [-0.25, -0.2) is 0 Å². The summed E-state index contributed by atoms with van der Waals surface area (Å²) in [6, 6.07) is 10.3. The van der Waals surface area contributed by atoms with E-state index in [9.17, 15) is 0 Å². The number of hydrogen-bond acceptors (Lipinski definition) is 2. The van der Waals surface area contributed by atoms with Crippen LogP contribution >= 0.6 is 0 Å². The van der Waals surface area contributed by atoms with Gasteiger partial charge in [0.2, 0.25) is 0 Å². The van der Waals surface area contributed by atoms with Gasteiger partial charge in [-0.2, -0.15) is 0 Å². The Morgan fingerprint density at radius 2 is 1.53 bits per heavy atom. The fourth-order valence-corrected chi connectivity index (χ4v) is 2.96. The monoisotopic (exact) mass is 222 g/mol. The average molecular weight is 222 g/mol. The lowest BCUT2D eigenvalue weighted by molar-refractivity contribution is 0.287. The van der Waals surface area contributed by atoms with Gasteiger partial charge in [-0.3, -0.25) is 0 Å². The maximum Gasteiger partial charge on any atom is 0.351 e. The molecule has 0 amide bonds. The smallest absolute Gasteiger partial charge is 0.351 e. The topological polar surface area (TPSA) is 18.5 Å². The number of hydrogen-bond donors (Lipinski definition) is 0. The largest absolute Gasteiger partial charge is 0.397 e. The van der Waals surface area contributed by atoms with Crippen LogP contribution in [0.4, 0.5) is 0 Å². The minimum Gasteiger partial charge on any atom is -0.397 e. The van der Waals surface area contributed by atoms with Crippen LogP contribution in [0.25, 0.3) is 5.57 Å². The Morgan fingerprint density at radius 3 is 2.00 bits per heavy atom.